The highest BCUT2D eigenvalue weighted by atomic mass is 35.5. The van der Waals surface area contributed by atoms with E-state index in [1.165, 1.54) is 0 Å². The Labute approximate surface area is 133 Å². The van der Waals surface area contributed by atoms with Crippen LogP contribution in [0.5, 0.6) is 0 Å². The summed E-state index contributed by atoms with van der Waals surface area (Å²) in [7, 11) is 0. The number of rotatable bonds is 3. The predicted octanol–water partition coefficient (Wildman–Crippen LogP) is 1.48. The van der Waals surface area contributed by atoms with Crippen LogP contribution >= 0.6 is 12.4 Å². The Morgan fingerprint density at radius 1 is 1.10 bits per heavy atom. The van der Waals surface area contributed by atoms with Crippen LogP contribution in [0.15, 0.2) is 0 Å². The highest BCUT2D eigenvalue weighted by Crippen LogP contribution is 2.32. The van der Waals surface area contributed by atoms with Crippen molar-refractivity contribution in [3.63, 3.8) is 0 Å². The number of hydrogen-bond acceptors (Lipinski definition) is 3. The van der Waals surface area contributed by atoms with E-state index in [4.69, 9.17) is 11.5 Å². The summed E-state index contributed by atoms with van der Waals surface area (Å²) >= 11 is 0. The van der Waals surface area contributed by atoms with E-state index in [9.17, 15) is 9.59 Å². The lowest BCUT2D eigenvalue weighted by atomic mass is 9.74. The zero-order valence-electron chi connectivity index (χ0n) is 12.8. The molecule has 0 saturated heterocycles. The van der Waals surface area contributed by atoms with Crippen LogP contribution in [0.4, 0.5) is 0 Å². The SMILES string of the molecule is CC1(N)CCCCC1C(=O)NC1CCC(C(N)=O)CC1.Cl. The van der Waals surface area contributed by atoms with Gasteiger partial charge in [0.2, 0.25) is 11.8 Å². The van der Waals surface area contributed by atoms with Crippen LogP contribution in [0.1, 0.15) is 58.3 Å². The largest absolute Gasteiger partial charge is 0.369 e. The van der Waals surface area contributed by atoms with Gasteiger partial charge in [-0.15, -0.1) is 12.4 Å². The summed E-state index contributed by atoms with van der Waals surface area (Å²) in [5.74, 6) is -0.212. The van der Waals surface area contributed by atoms with Gasteiger partial charge in [0.1, 0.15) is 0 Å². The third kappa shape index (κ3) is 4.58. The quantitative estimate of drug-likeness (QED) is 0.735. The highest BCUT2D eigenvalue weighted by Gasteiger charge is 2.38. The third-order valence-corrected chi connectivity index (χ3v) is 5.05. The van der Waals surface area contributed by atoms with Gasteiger partial charge in [0.25, 0.3) is 0 Å². The second-order valence-electron chi connectivity index (χ2n) is 6.76. The first-order valence-electron chi connectivity index (χ1n) is 7.79. The molecule has 122 valence electrons. The van der Waals surface area contributed by atoms with Crippen molar-refractivity contribution in [1.29, 1.82) is 0 Å². The molecule has 2 rings (SSSR count). The van der Waals surface area contributed by atoms with Crippen molar-refractivity contribution in [2.75, 3.05) is 0 Å². The molecular formula is C15H28ClN3O2. The molecule has 5 N–H and O–H groups in total. The molecule has 2 fully saturated rings. The highest BCUT2D eigenvalue weighted by molar-refractivity contribution is 5.85. The molecule has 2 atom stereocenters. The molecule has 5 nitrogen and oxygen atoms in total. The monoisotopic (exact) mass is 317 g/mol. The van der Waals surface area contributed by atoms with E-state index in [0.717, 1.165) is 51.4 Å². The van der Waals surface area contributed by atoms with Gasteiger partial charge in [0, 0.05) is 17.5 Å². The first-order chi connectivity index (χ1) is 9.40. The zero-order chi connectivity index (χ0) is 14.8. The average Bonchev–Trinajstić information content (AvgIpc) is 2.38. The minimum atomic E-state index is -0.382. The van der Waals surface area contributed by atoms with E-state index < -0.39 is 0 Å². The first kappa shape index (κ1) is 18.2. The second-order valence-corrected chi connectivity index (χ2v) is 6.76. The molecule has 0 bridgehead atoms. The number of carbonyl (C=O) groups is 2. The number of nitrogens with one attached hydrogen (secondary N) is 1. The average molecular weight is 318 g/mol. The number of halogens is 1. The molecule has 2 amide bonds. The Balaban J connectivity index is 0.00000220. The van der Waals surface area contributed by atoms with Crippen LogP contribution in [0, 0.1) is 11.8 Å². The molecule has 2 unspecified atom stereocenters. The first-order valence-corrected chi connectivity index (χ1v) is 7.79. The lowest BCUT2D eigenvalue weighted by Gasteiger charge is -2.38. The number of nitrogens with two attached hydrogens (primary N) is 2. The molecule has 2 saturated carbocycles. The fraction of sp³-hybridized carbons (Fsp3) is 0.867. The zero-order valence-corrected chi connectivity index (χ0v) is 13.6. The number of amides is 2. The fourth-order valence-electron chi connectivity index (χ4n) is 3.61. The van der Waals surface area contributed by atoms with Crippen molar-refractivity contribution >= 4 is 24.2 Å². The molecule has 0 aliphatic heterocycles. The molecule has 2 aliphatic carbocycles. The Morgan fingerprint density at radius 3 is 2.24 bits per heavy atom. The van der Waals surface area contributed by atoms with E-state index in [1.54, 1.807) is 0 Å². The van der Waals surface area contributed by atoms with E-state index in [-0.39, 0.29) is 47.6 Å². The molecule has 6 heteroatoms. The standard InChI is InChI=1S/C15H27N3O2.ClH/c1-15(17)9-3-2-4-12(15)14(20)18-11-7-5-10(6-8-11)13(16)19;/h10-12H,2-9,17H2,1H3,(H2,16,19)(H,18,20);1H. The lowest BCUT2D eigenvalue weighted by Crippen LogP contribution is -2.54. The predicted molar refractivity (Wildman–Crippen MR) is 84.9 cm³/mol. The van der Waals surface area contributed by atoms with Crippen LogP contribution in [0.25, 0.3) is 0 Å². The van der Waals surface area contributed by atoms with Crippen molar-refractivity contribution in [2.24, 2.45) is 23.3 Å². The second kappa shape index (κ2) is 7.45. The van der Waals surface area contributed by atoms with Gasteiger partial charge in [-0.25, -0.2) is 0 Å². The third-order valence-electron chi connectivity index (χ3n) is 5.05. The number of hydrogen-bond donors (Lipinski definition) is 3. The maximum absolute atomic E-state index is 12.4. The topological polar surface area (TPSA) is 98.2 Å². The van der Waals surface area contributed by atoms with Crippen LogP contribution in [0.2, 0.25) is 0 Å². The maximum Gasteiger partial charge on any atom is 0.225 e. The van der Waals surface area contributed by atoms with E-state index in [2.05, 4.69) is 5.32 Å². The lowest BCUT2D eigenvalue weighted by molar-refractivity contribution is -0.129. The maximum atomic E-state index is 12.4. The van der Waals surface area contributed by atoms with Crippen molar-refractivity contribution in [3.05, 3.63) is 0 Å². The summed E-state index contributed by atoms with van der Waals surface area (Å²) in [6, 6.07) is 0.177. The van der Waals surface area contributed by atoms with Crippen molar-refractivity contribution in [2.45, 2.75) is 69.9 Å². The van der Waals surface area contributed by atoms with Crippen LogP contribution in [-0.2, 0) is 9.59 Å². The smallest absolute Gasteiger partial charge is 0.225 e. The summed E-state index contributed by atoms with van der Waals surface area (Å²) in [5, 5.41) is 3.13. The fourth-order valence-corrected chi connectivity index (χ4v) is 3.61. The van der Waals surface area contributed by atoms with Crippen LogP contribution in [-0.4, -0.2) is 23.4 Å². The van der Waals surface area contributed by atoms with Gasteiger partial charge in [-0.05, 0) is 45.4 Å². The van der Waals surface area contributed by atoms with E-state index in [0.29, 0.717) is 0 Å². The minimum Gasteiger partial charge on any atom is -0.369 e. The molecular weight excluding hydrogens is 290 g/mol. The van der Waals surface area contributed by atoms with E-state index >= 15 is 0 Å². The van der Waals surface area contributed by atoms with Gasteiger partial charge in [0.15, 0.2) is 0 Å². The molecule has 0 heterocycles. The number of primary amides is 1. The molecule has 0 spiro atoms. The van der Waals surface area contributed by atoms with Gasteiger partial charge in [0.05, 0.1) is 5.92 Å². The van der Waals surface area contributed by atoms with E-state index in [1.807, 2.05) is 6.92 Å². The molecule has 0 aromatic rings. The Kier molecular flexibility index (Phi) is 6.47. The van der Waals surface area contributed by atoms with Gasteiger partial charge < -0.3 is 16.8 Å². The summed E-state index contributed by atoms with van der Waals surface area (Å²) in [4.78, 5) is 23.5. The summed E-state index contributed by atoms with van der Waals surface area (Å²) in [6.45, 7) is 1.99. The molecule has 0 aromatic heterocycles. The summed E-state index contributed by atoms with van der Waals surface area (Å²) in [6.07, 6.45) is 7.24. The van der Waals surface area contributed by atoms with Gasteiger partial charge >= 0.3 is 0 Å². The van der Waals surface area contributed by atoms with Gasteiger partial charge in [-0.3, -0.25) is 9.59 Å². The normalized spacial score (nSPS) is 36.4. The van der Waals surface area contributed by atoms with Crippen molar-refractivity contribution in [3.8, 4) is 0 Å². The Morgan fingerprint density at radius 2 is 1.71 bits per heavy atom. The Bertz CT molecular complexity index is 379. The molecule has 0 radical (unpaired) electrons. The molecule has 21 heavy (non-hydrogen) atoms. The van der Waals surface area contributed by atoms with Crippen molar-refractivity contribution in [1.82, 2.24) is 5.32 Å². The number of carbonyl (C=O) groups excluding carboxylic acids is 2. The molecule has 2 aliphatic rings. The Hall–Kier alpha value is -0.810. The van der Waals surface area contributed by atoms with Crippen LogP contribution in [0.3, 0.4) is 0 Å². The van der Waals surface area contributed by atoms with Gasteiger partial charge in [-0.1, -0.05) is 12.8 Å². The summed E-state index contributed by atoms with van der Waals surface area (Å²) in [5.41, 5.74) is 11.2. The summed E-state index contributed by atoms with van der Waals surface area (Å²) < 4.78 is 0. The van der Waals surface area contributed by atoms with Crippen LogP contribution < -0.4 is 16.8 Å². The van der Waals surface area contributed by atoms with Gasteiger partial charge in [-0.2, -0.15) is 0 Å². The minimum absolute atomic E-state index is 0. The van der Waals surface area contributed by atoms with Crippen molar-refractivity contribution < 1.29 is 9.59 Å². The molecule has 0 aromatic carbocycles.